The molecule has 19 heavy (non-hydrogen) atoms. The van der Waals surface area contributed by atoms with Crippen molar-refractivity contribution in [2.24, 2.45) is 22.5 Å². The fourth-order valence-electron chi connectivity index (χ4n) is 4.39. The maximum Gasteiger partial charge on any atom is 0.221 e. The van der Waals surface area contributed by atoms with Crippen molar-refractivity contribution in [1.29, 1.82) is 0 Å². The van der Waals surface area contributed by atoms with Crippen LogP contribution in [0.4, 0.5) is 0 Å². The van der Waals surface area contributed by atoms with Crippen LogP contribution in [-0.4, -0.2) is 18.0 Å². The van der Waals surface area contributed by atoms with Crippen molar-refractivity contribution in [3.05, 3.63) is 0 Å². The van der Waals surface area contributed by atoms with Crippen LogP contribution in [0.25, 0.3) is 0 Å². The number of nitrogens with two attached hydrogens (primary N) is 1. The molecule has 2 saturated carbocycles. The van der Waals surface area contributed by atoms with Gasteiger partial charge in [0.25, 0.3) is 0 Å². The van der Waals surface area contributed by atoms with Crippen molar-refractivity contribution in [2.45, 2.75) is 78.3 Å². The molecule has 0 radical (unpaired) electrons. The van der Waals surface area contributed by atoms with Crippen LogP contribution in [0.3, 0.4) is 0 Å². The van der Waals surface area contributed by atoms with E-state index in [0.717, 1.165) is 25.2 Å². The van der Waals surface area contributed by atoms with E-state index in [4.69, 9.17) is 5.73 Å². The van der Waals surface area contributed by atoms with Crippen molar-refractivity contribution in [3.8, 4) is 0 Å². The van der Waals surface area contributed by atoms with Crippen LogP contribution in [0.15, 0.2) is 0 Å². The molecule has 2 aliphatic rings. The number of rotatable bonds is 5. The van der Waals surface area contributed by atoms with Crippen molar-refractivity contribution >= 4 is 5.91 Å². The second-order valence-electron chi connectivity index (χ2n) is 7.48. The Kier molecular flexibility index (Phi) is 3.97. The lowest BCUT2D eigenvalue weighted by Crippen LogP contribution is -2.47. The monoisotopic (exact) mass is 266 g/mol. The Hall–Kier alpha value is -0.570. The summed E-state index contributed by atoms with van der Waals surface area (Å²) in [6.07, 6.45) is 6.18. The molecule has 0 aromatic carbocycles. The number of nitrogens with one attached hydrogen (secondary N) is 1. The Morgan fingerprint density at radius 2 is 2.11 bits per heavy atom. The third-order valence-corrected chi connectivity index (χ3v) is 6.24. The number of hydrogen-bond donors (Lipinski definition) is 2. The largest absolute Gasteiger partial charge is 0.353 e. The number of carbonyl (C=O) groups is 1. The first kappa shape index (κ1) is 14.8. The van der Waals surface area contributed by atoms with Gasteiger partial charge in [-0.25, -0.2) is 0 Å². The van der Waals surface area contributed by atoms with Crippen LogP contribution >= 0.6 is 0 Å². The SMILES string of the molecule is CCCC(N)CC(=O)NC1CC2CCC1(C)C2(C)C. The fraction of sp³-hybridized carbons (Fsp3) is 0.938. The Morgan fingerprint density at radius 1 is 1.42 bits per heavy atom. The highest BCUT2D eigenvalue weighted by Crippen LogP contribution is 2.65. The zero-order valence-electron chi connectivity index (χ0n) is 13.0. The Morgan fingerprint density at radius 3 is 2.58 bits per heavy atom. The van der Waals surface area contributed by atoms with E-state index in [1.54, 1.807) is 0 Å². The molecule has 3 heteroatoms. The van der Waals surface area contributed by atoms with Crippen molar-refractivity contribution in [2.75, 3.05) is 0 Å². The molecule has 0 aromatic heterocycles. The van der Waals surface area contributed by atoms with Crippen LogP contribution in [0.5, 0.6) is 0 Å². The third kappa shape index (κ3) is 2.42. The van der Waals surface area contributed by atoms with Crippen LogP contribution in [0, 0.1) is 16.7 Å². The average molecular weight is 266 g/mol. The van der Waals surface area contributed by atoms with E-state index in [2.05, 4.69) is 33.0 Å². The van der Waals surface area contributed by atoms with Crippen molar-refractivity contribution in [3.63, 3.8) is 0 Å². The molecule has 2 rings (SSSR count). The van der Waals surface area contributed by atoms with Gasteiger partial charge in [0.15, 0.2) is 0 Å². The second kappa shape index (κ2) is 5.08. The van der Waals surface area contributed by atoms with E-state index in [1.807, 2.05) is 0 Å². The summed E-state index contributed by atoms with van der Waals surface area (Å²) in [4.78, 5) is 12.1. The summed E-state index contributed by atoms with van der Waals surface area (Å²) in [5.74, 6) is 0.919. The minimum absolute atomic E-state index is 0.0180. The minimum atomic E-state index is 0.0180. The normalized spacial score (nSPS) is 37.3. The summed E-state index contributed by atoms with van der Waals surface area (Å²) in [5.41, 5.74) is 6.58. The van der Waals surface area contributed by atoms with Gasteiger partial charge in [0.1, 0.15) is 0 Å². The molecular weight excluding hydrogens is 236 g/mol. The molecule has 4 unspecified atom stereocenters. The number of amides is 1. The summed E-state index contributed by atoms with van der Waals surface area (Å²) >= 11 is 0. The molecule has 0 aromatic rings. The predicted octanol–water partition coefficient (Wildman–Crippen LogP) is 2.83. The molecule has 2 fully saturated rings. The second-order valence-corrected chi connectivity index (χ2v) is 7.48. The lowest BCUT2D eigenvalue weighted by Gasteiger charge is -2.39. The van der Waals surface area contributed by atoms with E-state index in [9.17, 15) is 4.79 Å². The minimum Gasteiger partial charge on any atom is -0.353 e. The lowest BCUT2D eigenvalue weighted by atomic mass is 9.69. The number of fused-ring (bicyclic) bond motifs is 2. The van der Waals surface area contributed by atoms with Gasteiger partial charge in [-0.05, 0) is 42.4 Å². The summed E-state index contributed by atoms with van der Waals surface area (Å²) in [5, 5.41) is 3.28. The van der Waals surface area contributed by atoms with Crippen molar-refractivity contribution < 1.29 is 4.79 Å². The van der Waals surface area contributed by atoms with Gasteiger partial charge in [0.2, 0.25) is 5.91 Å². The topological polar surface area (TPSA) is 55.1 Å². The summed E-state index contributed by atoms with van der Waals surface area (Å²) < 4.78 is 0. The molecule has 3 nitrogen and oxygen atoms in total. The number of carbonyl (C=O) groups excluding carboxylic acids is 1. The number of hydrogen-bond acceptors (Lipinski definition) is 2. The molecule has 0 spiro atoms. The smallest absolute Gasteiger partial charge is 0.221 e. The van der Waals surface area contributed by atoms with Gasteiger partial charge >= 0.3 is 0 Å². The van der Waals surface area contributed by atoms with Gasteiger partial charge in [0, 0.05) is 18.5 Å². The van der Waals surface area contributed by atoms with E-state index in [1.165, 1.54) is 12.8 Å². The average Bonchev–Trinajstić information content (AvgIpc) is 2.62. The molecule has 2 aliphatic carbocycles. The van der Waals surface area contributed by atoms with E-state index in [0.29, 0.717) is 17.9 Å². The van der Waals surface area contributed by atoms with E-state index in [-0.39, 0.29) is 17.4 Å². The summed E-state index contributed by atoms with van der Waals surface area (Å²) in [6.45, 7) is 9.22. The van der Waals surface area contributed by atoms with E-state index < -0.39 is 0 Å². The van der Waals surface area contributed by atoms with Gasteiger partial charge in [0.05, 0.1) is 0 Å². The first-order valence-corrected chi connectivity index (χ1v) is 7.86. The first-order valence-electron chi connectivity index (χ1n) is 7.86. The molecule has 0 heterocycles. The molecular formula is C16H30N2O. The van der Waals surface area contributed by atoms with Gasteiger partial charge in [-0.15, -0.1) is 0 Å². The lowest BCUT2D eigenvalue weighted by molar-refractivity contribution is -0.123. The summed E-state index contributed by atoms with van der Waals surface area (Å²) in [7, 11) is 0. The van der Waals surface area contributed by atoms with Crippen LogP contribution < -0.4 is 11.1 Å². The highest BCUT2D eigenvalue weighted by molar-refractivity contribution is 5.77. The van der Waals surface area contributed by atoms with Crippen LogP contribution in [-0.2, 0) is 4.79 Å². The first-order chi connectivity index (χ1) is 8.81. The molecule has 1 amide bonds. The predicted molar refractivity (Wildman–Crippen MR) is 78.7 cm³/mol. The molecule has 2 bridgehead atoms. The molecule has 0 aliphatic heterocycles. The van der Waals surface area contributed by atoms with Gasteiger partial charge in [-0.1, -0.05) is 34.1 Å². The third-order valence-electron chi connectivity index (χ3n) is 6.24. The molecule has 110 valence electrons. The molecule has 0 saturated heterocycles. The zero-order chi connectivity index (χ0) is 14.3. The van der Waals surface area contributed by atoms with Gasteiger partial charge < -0.3 is 11.1 Å². The Labute approximate surface area is 117 Å². The van der Waals surface area contributed by atoms with Crippen molar-refractivity contribution in [1.82, 2.24) is 5.32 Å². The summed E-state index contributed by atoms with van der Waals surface area (Å²) in [6, 6.07) is 0.368. The fourth-order valence-corrected chi connectivity index (χ4v) is 4.39. The quantitative estimate of drug-likeness (QED) is 0.804. The standard InChI is InChI=1S/C16H30N2O/c1-5-6-12(17)10-14(19)18-13-9-11-7-8-16(13,4)15(11,2)3/h11-13H,5-10,17H2,1-4H3,(H,18,19). The Balaban J connectivity index is 1.93. The highest BCUT2D eigenvalue weighted by Gasteiger charge is 2.61. The Bertz CT molecular complexity index is 353. The maximum absolute atomic E-state index is 12.1. The zero-order valence-corrected chi connectivity index (χ0v) is 13.0. The molecule has 3 N–H and O–H groups in total. The van der Waals surface area contributed by atoms with Gasteiger partial charge in [-0.3, -0.25) is 4.79 Å². The van der Waals surface area contributed by atoms with Crippen LogP contribution in [0.1, 0.15) is 66.2 Å². The van der Waals surface area contributed by atoms with E-state index >= 15 is 0 Å². The molecule has 4 atom stereocenters. The maximum atomic E-state index is 12.1. The van der Waals surface area contributed by atoms with Crippen LogP contribution in [0.2, 0.25) is 0 Å². The van der Waals surface area contributed by atoms with Gasteiger partial charge in [-0.2, -0.15) is 0 Å². The highest BCUT2D eigenvalue weighted by atomic mass is 16.1.